The van der Waals surface area contributed by atoms with E-state index in [9.17, 15) is 9.59 Å². The first-order valence-corrected chi connectivity index (χ1v) is 7.78. The Hall–Kier alpha value is -1.47. The van der Waals surface area contributed by atoms with E-state index in [-0.39, 0.29) is 11.8 Å². The smallest absolute Gasteiger partial charge is 0.255 e. The van der Waals surface area contributed by atoms with Crippen LogP contribution in [0.4, 0.5) is 0 Å². The van der Waals surface area contributed by atoms with Crippen LogP contribution >= 0.6 is 15.9 Å². The summed E-state index contributed by atoms with van der Waals surface area (Å²) in [7, 11) is 0. The Morgan fingerprint density at radius 2 is 2.00 bits per heavy atom. The Kier molecular flexibility index (Phi) is 5.69. The highest BCUT2D eigenvalue weighted by atomic mass is 79.9. The van der Waals surface area contributed by atoms with Crippen molar-refractivity contribution in [2.75, 3.05) is 39.3 Å². The van der Waals surface area contributed by atoms with E-state index in [4.69, 9.17) is 0 Å². The number of nitrogens with one attached hydrogen (secondary N) is 1. The van der Waals surface area contributed by atoms with Crippen LogP contribution in [0.15, 0.2) is 22.9 Å². The second kappa shape index (κ2) is 7.51. The minimum atomic E-state index is -0.0125. The molecule has 0 atom stereocenters. The van der Waals surface area contributed by atoms with Crippen LogP contribution in [-0.2, 0) is 4.79 Å². The van der Waals surface area contributed by atoms with Gasteiger partial charge in [-0.2, -0.15) is 0 Å². The van der Waals surface area contributed by atoms with Gasteiger partial charge in [0.05, 0.1) is 12.1 Å². The van der Waals surface area contributed by atoms with E-state index in [1.165, 1.54) is 0 Å². The number of pyridine rings is 1. The molecule has 2 rings (SSSR count). The molecule has 0 saturated carbocycles. The lowest BCUT2D eigenvalue weighted by atomic mass is 10.2. The molecule has 114 valence electrons. The normalized spacial score (nSPS) is 15.8. The highest BCUT2D eigenvalue weighted by molar-refractivity contribution is 9.10. The summed E-state index contributed by atoms with van der Waals surface area (Å²) >= 11 is 3.32. The summed E-state index contributed by atoms with van der Waals surface area (Å²) in [5.41, 5.74) is 0.585. The first kappa shape index (κ1) is 15.9. The quantitative estimate of drug-likeness (QED) is 0.865. The van der Waals surface area contributed by atoms with Crippen molar-refractivity contribution in [1.29, 1.82) is 0 Å². The largest absolute Gasteiger partial charge is 0.355 e. The molecule has 1 saturated heterocycles. The molecule has 2 amide bonds. The van der Waals surface area contributed by atoms with E-state index in [2.05, 4.69) is 31.1 Å². The Morgan fingerprint density at radius 3 is 2.62 bits per heavy atom. The maximum absolute atomic E-state index is 12.4. The summed E-state index contributed by atoms with van der Waals surface area (Å²) in [5, 5.41) is 2.78. The topological polar surface area (TPSA) is 65.5 Å². The first-order valence-electron chi connectivity index (χ1n) is 6.99. The molecule has 0 bridgehead atoms. The van der Waals surface area contributed by atoms with Crippen LogP contribution in [0.3, 0.4) is 0 Å². The first-order chi connectivity index (χ1) is 10.1. The van der Waals surface area contributed by atoms with Gasteiger partial charge in [0.1, 0.15) is 0 Å². The molecular weight excluding hydrogens is 336 g/mol. The van der Waals surface area contributed by atoms with Crippen molar-refractivity contribution in [3.63, 3.8) is 0 Å². The second-order valence-electron chi connectivity index (χ2n) is 4.91. The van der Waals surface area contributed by atoms with Gasteiger partial charge in [-0.25, -0.2) is 0 Å². The highest BCUT2D eigenvalue weighted by Crippen LogP contribution is 2.13. The van der Waals surface area contributed by atoms with Crippen molar-refractivity contribution < 1.29 is 9.59 Å². The van der Waals surface area contributed by atoms with E-state index in [1.807, 2.05) is 6.92 Å². The Bertz CT molecular complexity index is 515. The van der Waals surface area contributed by atoms with E-state index >= 15 is 0 Å². The maximum Gasteiger partial charge on any atom is 0.255 e. The van der Waals surface area contributed by atoms with Gasteiger partial charge in [-0.1, -0.05) is 0 Å². The number of hydrogen-bond donors (Lipinski definition) is 1. The molecule has 2 heterocycles. The Morgan fingerprint density at radius 1 is 1.29 bits per heavy atom. The van der Waals surface area contributed by atoms with E-state index in [0.717, 1.165) is 4.47 Å². The van der Waals surface area contributed by atoms with Gasteiger partial charge < -0.3 is 10.2 Å². The number of hydrogen-bond acceptors (Lipinski definition) is 4. The third kappa shape index (κ3) is 4.50. The number of carbonyl (C=O) groups is 2. The molecular formula is C14H19BrN4O2. The summed E-state index contributed by atoms with van der Waals surface area (Å²) in [5.74, 6) is 0.0231. The average Bonchev–Trinajstić information content (AvgIpc) is 2.47. The lowest BCUT2D eigenvalue weighted by Gasteiger charge is -2.34. The van der Waals surface area contributed by atoms with Crippen molar-refractivity contribution in [3.8, 4) is 0 Å². The maximum atomic E-state index is 12.4. The third-order valence-corrected chi connectivity index (χ3v) is 3.79. The number of nitrogens with zero attached hydrogens (tertiary/aromatic N) is 3. The summed E-state index contributed by atoms with van der Waals surface area (Å²) in [6, 6.07) is 1.77. The monoisotopic (exact) mass is 354 g/mol. The van der Waals surface area contributed by atoms with Gasteiger partial charge in [-0.15, -0.1) is 0 Å². The molecule has 0 aromatic carbocycles. The number of rotatable bonds is 4. The highest BCUT2D eigenvalue weighted by Gasteiger charge is 2.23. The molecule has 1 aliphatic rings. The van der Waals surface area contributed by atoms with Crippen molar-refractivity contribution in [3.05, 3.63) is 28.5 Å². The number of aromatic nitrogens is 1. The molecule has 6 nitrogen and oxygen atoms in total. The average molecular weight is 355 g/mol. The predicted octanol–water partition coefficient (Wildman–Crippen LogP) is 0.738. The number of likely N-dealkylation sites (N-methyl/N-ethyl adjacent to an activating group) is 1. The number of amides is 2. The van der Waals surface area contributed by atoms with Gasteiger partial charge in [-0.05, 0) is 28.9 Å². The minimum Gasteiger partial charge on any atom is -0.355 e. The molecule has 1 aromatic heterocycles. The number of halogens is 1. The molecule has 21 heavy (non-hydrogen) atoms. The fraction of sp³-hybridized carbons (Fsp3) is 0.500. The fourth-order valence-corrected chi connectivity index (χ4v) is 2.64. The fourth-order valence-electron chi connectivity index (χ4n) is 2.28. The Balaban J connectivity index is 1.86. The van der Waals surface area contributed by atoms with Crippen LogP contribution in [0, 0.1) is 0 Å². The summed E-state index contributed by atoms with van der Waals surface area (Å²) in [6.45, 7) is 5.63. The zero-order chi connectivity index (χ0) is 15.2. The summed E-state index contributed by atoms with van der Waals surface area (Å²) in [4.78, 5) is 31.8. The van der Waals surface area contributed by atoms with Gasteiger partial charge in [0, 0.05) is 49.6 Å². The van der Waals surface area contributed by atoms with Crippen LogP contribution < -0.4 is 5.32 Å². The molecule has 7 heteroatoms. The minimum absolute atomic E-state index is 0.0125. The van der Waals surface area contributed by atoms with Crippen LogP contribution in [0.5, 0.6) is 0 Å². The van der Waals surface area contributed by atoms with Crippen molar-refractivity contribution in [2.45, 2.75) is 6.92 Å². The SMILES string of the molecule is CCNC(=O)CN1CCN(C(=O)c2cncc(Br)c2)CC1. The lowest BCUT2D eigenvalue weighted by molar-refractivity contribution is -0.122. The molecule has 1 aliphatic heterocycles. The number of carbonyl (C=O) groups excluding carboxylic acids is 2. The standard InChI is InChI=1S/C14H19BrN4O2/c1-2-17-13(20)10-18-3-5-19(6-4-18)14(21)11-7-12(15)9-16-8-11/h7-9H,2-6,10H2,1H3,(H,17,20). The van der Waals surface area contributed by atoms with Gasteiger partial charge in [0.15, 0.2) is 0 Å². The van der Waals surface area contributed by atoms with Crippen LogP contribution in [0.1, 0.15) is 17.3 Å². The zero-order valence-corrected chi connectivity index (χ0v) is 13.6. The zero-order valence-electron chi connectivity index (χ0n) is 12.0. The molecule has 1 N–H and O–H groups in total. The Labute approximate surface area is 132 Å². The van der Waals surface area contributed by atoms with E-state index in [0.29, 0.717) is 44.8 Å². The van der Waals surface area contributed by atoms with Crippen molar-refractivity contribution >= 4 is 27.7 Å². The molecule has 1 fully saturated rings. The molecule has 0 aliphatic carbocycles. The lowest BCUT2D eigenvalue weighted by Crippen LogP contribution is -2.51. The predicted molar refractivity (Wildman–Crippen MR) is 83.0 cm³/mol. The van der Waals surface area contributed by atoms with E-state index < -0.39 is 0 Å². The van der Waals surface area contributed by atoms with Crippen molar-refractivity contribution in [1.82, 2.24) is 20.1 Å². The summed E-state index contributed by atoms with van der Waals surface area (Å²) < 4.78 is 0.795. The molecule has 0 unspecified atom stereocenters. The van der Waals surface area contributed by atoms with Crippen LogP contribution in [0.25, 0.3) is 0 Å². The molecule has 0 spiro atoms. The second-order valence-corrected chi connectivity index (χ2v) is 5.83. The van der Waals surface area contributed by atoms with E-state index in [1.54, 1.807) is 23.4 Å². The van der Waals surface area contributed by atoms with Gasteiger partial charge in [0.25, 0.3) is 5.91 Å². The van der Waals surface area contributed by atoms with Crippen LogP contribution in [0.2, 0.25) is 0 Å². The van der Waals surface area contributed by atoms with Gasteiger partial charge >= 0.3 is 0 Å². The molecule has 0 radical (unpaired) electrons. The van der Waals surface area contributed by atoms with Gasteiger partial charge in [0.2, 0.25) is 5.91 Å². The van der Waals surface area contributed by atoms with Gasteiger partial charge in [-0.3, -0.25) is 19.5 Å². The summed E-state index contributed by atoms with van der Waals surface area (Å²) in [6.07, 6.45) is 3.23. The number of piperazine rings is 1. The third-order valence-electron chi connectivity index (χ3n) is 3.35. The molecule has 1 aromatic rings. The van der Waals surface area contributed by atoms with Crippen molar-refractivity contribution in [2.24, 2.45) is 0 Å². The van der Waals surface area contributed by atoms with Crippen LogP contribution in [-0.4, -0.2) is 65.9 Å².